The number of methoxy groups -OCH3 is 1. The van der Waals surface area contributed by atoms with E-state index >= 15 is 0 Å². The summed E-state index contributed by atoms with van der Waals surface area (Å²) in [5.74, 6) is 0.560. The molecule has 1 aromatic heterocycles. The molecule has 0 N–H and O–H groups in total. The van der Waals surface area contributed by atoms with E-state index in [4.69, 9.17) is 14.6 Å². The zero-order chi connectivity index (χ0) is 27.8. The molecule has 0 amide bonds. The van der Waals surface area contributed by atoms with Crippen LogP contribution in [0.5, 0.6) is 0 Å². The summed E-state index contributed by atoms with van der Waals surface area (Å²) < 4.78 is 14.1. The first-order valence-corrected chi connectivity index (χ1v) is 17.8. The number of carbonyl (C=O) groups is 1. The van der Waals surface area contributed by atoms with Crippen LogP contribution in [0.1, 0.15) is 81.0 Å². The van der Waals surface area contributed by atoms with Gasteiger partial charge < -0.3 is 14.4 Å². The van der Waals surface area contributed by atoms with Gasteiger partial charge in [-0.15, -0.1) is 0 Å². The number of anilines is 1. The van der Waals surface area contributed by atoms with Gasteiger partial charge in [-0.3, -0.25) is 9.48 Å². The summed E-state index contributed by atoms with van der Waals surface area (Å²) in [6.07, 6.45) is 3.04. The first-order chi connectivity index (χ1) is 17.8. The van der Waals surface area contributed by atoms with Crippen molar-refractivity contribution >= 4 is 25.2 Å². The molecule has 38 heavy (non-hydrogen) atoms. The Hall–Kier alpha value is -2.22. The van der Waals surface area contributed by atoms with Crippen molar-refractivity contribution in [2.75, 3.05) is 25.3 Å². The minimum atomic E-state index is -1.20. The van der Waals surface area contributed by atoms with E-state index in [1.54, 1.807) is 7.11 Å². The van der Waals surface area contributed by atoms with Crippen LogP contribution in [-0.4, -0.2) is 44.1 Å². The van der Waals surface area contributed by atoms with Crippen LogP contribution in [0.15, 0.2) is 23.8 Å². The fraction of sp³-hybridized carbons (Fsp3) is 0.613. The molecule has 4 rings (SSSR count). The minimum Gasteiger partial charge on any atom is -0.380 e. The summed E-state index contributed by atoms with van der Waals surface area (Å²) >= 11 is 0. The molecule has 1 atom stereocenters. The Morgan fingerprint density at radius 3 is 2.47 bits per heavy atom. The third-order valence-electron chi connectivity index (χ3n) is 7.64. The number of Topliss-reactive ketones (excluding diaryl/α,β-unsaturated/α-hetero) is 1. The van der Waals surface area contributed by atoms with Crippen molar-refractivity contribution in [2.24, 2.45) is 0 Å². The molecule has 1 aliphatic heterocycles. The standard InChI is InChI=1S/C31H47N3O3Si/c1-21-14-23(19-36-6)16-25-15-22(2)30(33(29(21)25)20-37-12-13-38(7,8)9)28-18-27(24-10-11-26(35)17-24)32-34(28)31(3,4)5/h14,16,18,24H,10-13,15,17,19-20H2,1-9H3. The van der Waals surface area contributed by atoms with E-state index in [0.717, 1.165) is 36.9 Å². The lowest BCUT2D eigenvalue weighted by molar-refractivity contribution is -0.117. The van der Waals surface area contributed by atoms with Gasteiger partial charge >= 0.3 is 0 Å². The zero-order valence-electron chi connectivity index (χ0n) is 25.0. The van der Waals surface area contributed by atoms with Crippen molar-refractivity contribution in [3.63, 3.8) is 0 Å². The number of fused-ring (bicyclic) bond motifs is 1. The highest BCUT2D eigenvalue weighted by atomic mass is 28.3. The van der Waals surface area contributed by atoms with E-state index in [1.807, 2.05) is 0 Å². The maximum absolute atomic E-state index is 12.1. The molecule has 1 aromatic carbocycles. The Labute approximate surface area is 230 Å². The summed E-state index contributed by atoms with van der Waals surface area (Å²) in [4.78, 5) is 14.5. The van der Waals surface area contributed by atoms with Gasteiger partial charge in [0.05, 0.1) is 29.2 Å². The molecule has 0 spiro atoms. The SMILES string of the molecule is COCc1cc(C)c2c(c1)CC(C)=C(c1cc(C3CCC(=O)C3)nn1C(C)(C)C)N2COCC[Si](C)(C)C. The average Bonchev–Trinajstić information content (AvgIpc) is 3.42. The number of ketones is 1. The predicted molar refractivity (Wildman–Crippen MR) is 158 cm³/mol. The number of allylic oxidation sites excluding steroid dienone is 1. The number of hydrogen-bond donors (Lipinski definition) is 0. The molecule has 1 aliphatic carbocycles. The fourth-order valence-corrected chi connectivity index (χ4v) is 6.54. The van der Waals surface area contributed by atoms with Crippen LogP contribution < -0.4 is 4.90 Å². The van der Waals surface area contributed by atoms with E-state index in [9.17, 15) is 4.79 Å². The van der Waals surface area contributed by atoms with Crippen molar-refractivity contribution in [3.05, 3.63) is 51.9 Å². The predicted octanol–water partition coefficient (Wildman–Crippen LogP) is 7.04. The second kappa shape index (κ2) is 11.1. The zero-order valence-corrected chi connectivity index (χ0v) is 26.0. The van der Waals surface area contributed by atoms with Crippen molar-refractivity contribution < 1.29 is 14.3 Å². The number of carbonyl (C=O) groups excluding carboxylic acids is 1. The van der Waals surface area contributed by atoms with Gasteiger partial charge in [0, 0.05) is 46.2 Å². The van der Waals surface area contributed by atoms with Gasteiger partial charge in [0.2, 0.25) is 0 Å². The van der Waals surface area contributed by atoms with Gasteiger partial charge in [-0.2, -0.15) is 5.10 Å². The molecule has 2 aromatic rings. The molecule has 2 heterocycles. The maximum atomic E-state index is 12.1. The van der Waals surface area contributed by atoms with Gasteiger partial charge in [0.1, 0.15) is 12.5 Å². The quantitative estimate of drug-likeness (QED) is 0.254. The largest absolute Gasteiger partial charge is 0.380 e. The van der Waals surface area contributed by atoms with Crippen molar-refractivity contribution in [2.45, 2.75) is 104 Å². The molecular formula is C31H47N3O3Si. The van der Waals surface area contributed by atoms with Gasteiger partial charge in [-0.05, 0) is 81.8 Å². The highest BCUT2D eigenvalue weighted by Crippen LogP contribution is 2.43. The first kappa shape index (κ1) is 28.8. The monoisotopic (exact) mass is 537 g/mol. The summed E-state index contributed by atoms with van der Waals surface area (Å²) in [7, 11) is 0.550. The second-order valence-corrected chi connectivity index (χ2v) is 19.1. The summed E-state index contributed by atoms with van der Waals surface area (Å²) in [6, 6.07) is 7.92. The van der Waals surface area contributed by atoms with Crippen molar-refractivity contribution in [3.8, 4) is 0 Å². The number of nitrogens with zero attached hydrogens (tertiary/aromatic N) is 3. The summed E-state index contributed by atoms with van der Waals surface area (Å²) in [6.45, 7) is 20.1. The lowest BCUT2D eigenvalue weighted by Crippen LogP contribution is -2.34. The molecule has 1 saturated carbocycles. The Morgan fingerprint density at radius 1 is 1.13 bits per heavy atom. The molecule has 1 unspecified atom stereocenters. The van der Waals surface area contributed by atoms with Crippen LogP contribution in [0.25, 0.3) is 5.70 Å². The molecule has 1 fully saturated rings. The van der Waals surface area contributed by atoms with Crippen LogP contribution in [0.4, 0.5) is 5.69 Å². The lowest BCUT2D eigenvalue weighted by atomic mass is 9.91. The third kappa shape index (κ3) is 6.32. The molecule has 2 aliphatic rings. The van der Waals surface area contributed by atoms with E-state index in [-0.39, 0.29) is 11.5 Å². The maximum Gasteiger partial charge on any atom is 0.133 e. The average molecular weight is 538 g/mol. The highest BCUT2D eigenvalue weighted by molar-refractivity contribution is 6.76. The van der Waals surface area contributed by atoms with E-state index in [1.165, 1.54) is 33.6 Å². The minimum absolute atomic E-state index is 0.203. The van der Waals surface area contributed by atoms with Gasteiger partial charge in [-0.1, -0.05) is 31.8 Å². The van der Waals surface area contributed by atoms with E-state index in [0.29, 0.717) is 32.0 Å². The van der Waals surface area contributed by atoms with Crippen LogP contribution in [0.2, 0.25) is 25.7 Å². The van der Waals surface area contributed by atoms with E-state index in [2.05, 4.69) is 82.0 Å². The molecular weight excluding hydrogens is 490 g/mol. The summed E-state index contributed by atoms with van der Waals surface area (Å²) in [5.41, 5.74) is 9.43. The molecule has 208 valence electrons. The molecule has 0 bridgehead atoms. The summed E-state index contributed by atoms with van der Waals surface area (Å²) in [5, 5.41) is 5.14. The number of hydrogen-bond acceptors (Lipinski definition) is 5. The number of aromatic nitrogens is 2. The molecule has 7 heteroatoms. The highest BCUT2D eigenvalue weighted by Gasteiger charge is 2.34. The lowest BCUT2D eigenvalue weighted by Gasteiger charge is -2.37. The third-order valence-corrected chi connectivity index (χ3v) is 9.34. The van der Waals surface area contributed by atoms with Gasteiger partial charge in [0.25, 0.3) is 0 Å². The van der Waals surface area contributed by atoms with Crippen molar-refractivity contribution in [1.29, 1.82) is 0 Å². The fourth-order valence-electron chi connectivity index (χ4n) is 5.78. The van der Waals surface area contributed by atoms with Crippen molar-refractivity contribution in [1.82, 2.24) is 9.78 Å². The Bertz CT molecular complexity index is 1220. The molecule has 0 radical (unpaired) electrons. The smallest absolute Gasteiger partial charge is 0.133 e. The normalized spacial score (nSPS) is 18.5. The number of benzene rings is 1. The second-order valence-electron chi connectivity index (χ2n) is 13.5. The van der Waals surface area contributed by atoms with Crippen LogP contribution in [0, 0.1) is 6.92 Å². The Morgan fingerprint density at radius 2 is 1.87 bits per heavy atom. The number of ether oxygens (including phenoxy) is 2. The number of aryl methyl sites for hydroxylation is 1. The van der Waals surface area contributed by atoms with Crippen LogP contribution >= 0.6 is 0 Å². The van der Waals surface area contributed by atoms with Crippen LogP contribution in [-0.2, 0) is 32.8 Å². The topological polar surface area (TPSA) is 56.6 Å². The van der Waals surface area contributed by atoms with E-state index < -0.39 is 8.07 Å². The number of rotatable bonds is 9. The van der Waals surface area contributed by atoms with Gasteiger partial charge in [-0.25, -0.2) is 0 Å². The molecule has 6 nitrogen and oxygen atoms in total. The first-order valence-electron chi connectivity index (χ1n) is 14.1. The Kier molecular flexibility index (Phi) is 8.41. The molecule has 0 saturated heterocycles. The van der Waals surface area contributed by atoms with Gasteiger partial charge in [0.15, 0.2) is 0 Å². The van der Waals surface area contributed by atoms with Crippen LogP contribution in [0.3, 0.4) is 0 Å². The Balaban J connectivity index is 1.80.